The van der Waals surface area contributed by atoms with Crippen LogP contribution in [0.3, 0.4) is 0 Å². The molecule has 0 aliphatic carbocycles. The van der Waals surface area contributed by atoms with Gasteiger partial charge in [0.25, 0.3) is 0 Å². The molecule has 5 heteroatoms. The number of aliphatic hydroxyl groups excluding tert-OH is 1. The van der Waals surface area contributed by atoms with Gasteiger partial charge in [0.1, 0.15) is 11.7 Å². The zero-order valence-electron chi connectivity index (χ0n) is 11.0. The second kappa shape index (κ2) is 6.32. The van der Waals surface area contributed by atoms with Crippen molar-refractivity contribution in [3.63, 3.8) is 0 Å². The lowest BCUT2D eigenvalue weighted by Crippen LogP contribution is -2.20. The summed E-state index contributed by atoms with van der Waals surface area (Å²) in [6.07, 6.45) is 4.89. The summed E-state index contributed by atoms with van der Waals surface area (Å²) in [7, 11) is 0. The predicted octanol–water partition coefficient (Wildman–Crippen LogP) is 1.46. The first kappa shape index (κ1) is 13.5. The maximum absolute atomic E-state index is 9.46. The maximum atomic E-state index is 9.46. The molecule has 0 fully saturated rings. The van der Waals surface area contributed by atoms with Crippen LogP contribution < -0.4 is 5.32 Å². The fourth-order valence-electron chi connectivity index (χ4n) is 1.92. The third-order valence-corrected chi connectivity index (χ3v) is 3.14. The predicted molar refractivity (Wildman–Crippen MR) is 72.5 cm³/mol. The highest BCUT2D eigenvalue weighted by atomic mass is 16.3. The van der Waals surface area contributed by atoms with Gasteiger partial charge in [-0.25, -0.2) is 4.98 Å². The van der Waals surface area contributed by atoms with Gasteiger partial charge in [-0.1, -0.05) is 6.92 Å². The van der Waals surface area contributed by atoms with Crippen LogP contribution in [0.1, 0.15) is 31.0 Å². The number of aromatic nitrogens is 2. The van der Waals surface area contributed by atoms with Gasteiger partial charge in [-0.05, 0) is 31.5 Å². The summed E-state index contributed by atoms with van der Waals surface area (Å²) in [5, 5.41) is 21.6. The Bertz CT molecular complexity index is 585. The summed E-state index contributed by atoms with van der Waals surface area (Å²) in [4.78, 5) is 4.29. The molecule has 19 heavy (non-hydrogen) atoms. The smallest absolute Gasteiger partial charge is 0.137 e. The molecule has 1 atom stereocenters. The lowest BCUT2D eigenvalue weighted by molar-refractivity contribution is 0.159. The Hall–Kier alpha value is -1.90. The van der Waals surface area contributed by atoms with Crippen molar-refractivity contribution in [2.45, 2.75) is 32.4 Å². The number of fused-ring (bicyclic) bond motifs is 1. The van der Waals surface area contributed by atoms with E-state index >= 15 is 0 Å². The first-order chi connectivity index (χ1) is 9.24. The van der Waals surface area contributed by atoms with Gasteiger partial charge in [-0.3, -0.25) is 0 Å². The fraction of sp³-hybridized carbons (Fsp3) is 0.429. The van der Waals surface area contributed by atoms with Gasteiger partial charge in [0.2, 0.25) is 0 Å². The molecular formula is C14H18N4O. The lowest BCUT2D eigenvalue weighted by Gasteiger charge is -2.08. The van der Waals surface area contributed by atoms with E-state index in [0.29, 0.717) is 12.1 Å². The van der Waals surface area contributed by atoms with Crippen LogP contribution in [0.25, 0.3) is 5.65 Å². The molecule has 100 valence electrons. The molecule has 0 aliphatic heterocycles. The molecule has 2 aromatic heterocycles. The van der Waals surface area contributed by atoms with Crippen molar-refractivity contribution in [1.29, 1.82) is 5.26 Å². The van der Waals surface area contributed by atoms with Crippen molar-refractivity contribution in [3.8, 4) is 6.07 Å². The van der Waals surface area contributed by atoms with E-state index in [1.165, 1.54) is 0 Å². The number of pyridine rings is 1. The van der Waals surface area contributed by atoms with Crippen molar-refractivity contribution in [2.24, 2.45) is 0 Å². The van der Waals surface area contributed by atoms with Crippen LogP contribution in [0.4, 0.5) is 0 Å². The largest absolute Gasteiger partial charge is 0.393 e. The van der Waals surface area contributed by atoms with Crippen LogP contribution in [0, 0.1) is 11.3 Å². The van der Waals surface area contributed by atoms with Crippen LogP contribution in [-0.4, -0.2) is 27.1 Å². The lowest BCUT2D eigenvalue weighted by atomic mass is 10.2. The average molecular weight is 258 g/mol. The van der Waals surface area contributed by atoms with Gasteiger partial charge in [0, 0.05) is 12.7 Å². The summed E-state index contributed by atoms with van der Waals surface area (Å²) >= 11 is 0. The van der Waals surface area contributed by atoms with Gasteiger partial charge in [0.15, 0.2) is 0 Å². The maximum Gasteiger partial charge on any atom is 0.137 e. The molecule has 0 amide bonds. The van der Waals surface area contributed by atoms with Gasteiger partial charge in [-0.2, -0.15) is 5.26 Å². The summed E-state index contributed by atoms with van der Waals surface area (Å²) in [5.41, 5.74) is 2.47. The van der Waals surface area contributed by atoms with E-state index in [-0.39, 0.29) is 6.10 Å². The highest BCUT2D eigenvalue weighted by Gasteiger charge is 2.04. The molecule has 0 radical (unpaired) electrons. The number of aliphatic hydroxyl groups is 1. The molecule has 2 N–H and O–H groups in total. The Morgan fingerprint density at radius 3 is 3.11 bits per heavy atom. The molecule has 0 spiro atoms. The van der Waals surface area contributed by atoms with Crippen molar-refractivity contribution >= 4 is 5.65 Å². The standard InChI is InChI=1S/C14H18N4O/c1-2-13(19)5-6-16-8-12-9-17-14-4-3-11(7-15)10-18(12)14/h3-4,9-10,13,16,19H,2,5-6,8H2,1H3. The van der Waals surface area contributed by atoms with Crippen molar-refractivity contribution in [1.82, 2.24) is 14.7 Å². The van der Waals surface area contributed by atoms with Gasteiger partial charge < -0.3 is 14.8 Å². The van der Waals surface area contributed by atoms with E-state index in [1.807, 2.05) is 17.4 Å². The Labute approximate surface area is 112 Å². The van der Waals surface area contributed by atoms with Gasteiger partial charge in [0.05, 0.1) is 23.6 Å². The first-order valence-corrected chi connectivity index (χ1v) is 6.49. The third kappa shape index (κ3) is 3.31. The Morgan fingerprint density at radius 2 is 2.37 bits per heavy atom. The molecule has 0 bridgehead atoms. The average Bonchev–Trinajstić information content (AvgIpc) is 2.85. The molecule has 1 unspecified atom stereocenters. The number of hydrogen-bond donors (Lipinski definition) is 2. The fourth-order valence-corrected chi connectivity index (χ4v) is 1.92. The summed E-state index contributed by atoms with van der Waals surface area (Å²) in [5.74, 6) is 0. The highest BCUT2D eigenvalue weighted by Crippen LogP contribution is 2.08. The third-order valence-electron chi connectivity index (χ3n) is 3.14. The number of imidazole rings is 1. The number of rotatable bonds is 6. The Morgan fingerprint density at radius 1 is 1.53 bits per heavy atom. The van der Waals surface area contributed by atoms with Crippen molar-refractivity contribution in [3.05, 3.63) is 35.8 Å². The zero-order valence-corrected chi connectivity index (χ0v) is 11.0. The minimum absolute atomic E-state index is 0.236. The normalized spacial score (nSPS) is 12.5. The van der Waals surface area contributed by atoms with Gasteiger partial charge in [-0.15, -0.1) is 0 Å². The van der Waals surface area contributed by atoms with Crippen molar-refractivity contribution < 1.29 is 5.11 Å². The van der Waals surface area contributed by atoms with Crippen LogP contribution in [0.2, 0.25) is 0 Å². The molecule has 2 rings (SSSR count). The number of nitrogens with one attached hydrogen (secondary N) is 1. The van der Waals surface area contributed by atoms with Crippen LogP contribution >= 0.6 is 0 Å². The van der Waals surface area contributed by atoms with E-state index in [2.05, 4.69) is 16.4 Å². The van der Waals surface area contributed by atoms with E-state index < -0.39 is 0 Å². The second-order valence-corrected chi connectivity index (χ2v) is 4.53. The number of hydrogen-bond acceptors (Lipinski definition) is 4. The van der Waals surface area contributed by atoms with Gasteiger partial charge >= 0.3 is 0 Å². The molecule has 5 nitrogen and oxygen atoms in total. The summed E-state index contributed by atoms with van der Waals surface area (Å²) in [6, 6.07) is 5.72. The summed E-state index contributed by atoms with van der Waals surface area (Å²) < 4.78 is 1.92. The van der Waals surface area contributed by atoms with E-state index in [4.69, 9.17) is 5.26 Å². The molecular weight excluding hydrogens is 240 g/mol. The number of nitriles is 1. The molecule has 0 aromatic carbocycles. The Kier molecular flexibility index (Phi) is 4.50. The molecule has 2 aromatic rings. The first-order valence-electron chi connectivity index (χ1n) is 6.49. The second-order valence-electron chi connectivity index (χ2n) is 4.53. The monoisotopic (exact) mass is 258 g/mol. The van der Waals surface area contributed by atoms with E-state index in [0.717, 1.165) is 30.7 Å². The minimum Gasteiger partial charge on any atom is -0.393 e. The summed E-state index contributed by atoms with van der Waals surface area (Å²) in [6.45, 7) is 3.41. The SMILES string of the molecule is CCC(O)CCNCc1cnc2ccc(C#N)cn12. The van der Waals surface area contributed by atoms with E-state index in [9.17, 15) is 5.11 Å². The minimum atomic E-state index is -0.236. The zero-order chi connectivity index (χ0) is 13.7. The van der Waals surface area contributed by atoms with Crippen LogP contribution in [0.5, 0.6) is 0 Å². The molecule has 0 aliphatic rings. The van der Waals surface area contributed by atoms with Crippen LogP contribution in [0.15, 0.2) is 24.5 Å². The quantitative estimate of drug-likeness (QED) is 0.769. The molecule has 0 saturated heterocycles. The Balaban J connectivity index is 1.99. The van der Waals surface area contributed by atoms with Crippen LogP contribution in [-0.2, 0) is 6.54 Å². The van der Waals surface area contributed by atoms with E-state index in [1.54, 1.807) is 18.5 Å². The highest BCUT2D eigenvalue weighted by molar-refractivity contribution is 5.44. The number of nitrogens with zero attached hydrogens (tertiary/aromatic N) is 3. The van der Waals surface area contributed by atoms with Crippen molar-refractivity contribution in [2.75, 3.05) is 6.54 Å². The molecule has 0 saturated carbocycles. The topological polar surface area (TPSA) is 73.3 Å². The molecule has 2 heterocycles.